The van der Waals surface area contributed by atoms with Gasteiger partial charge in [-0.05, 0) is 54.7 Å². The minimum absolute atomic E-state index is 0.111. The van der Waals surface area contributed by atoms with E-state index in [0.29, 0.717) is 22.4 Å². The van der Waals surface area contributed by atoms with Gasteiger partial charge in [0.2, 0.25) is 0 Å². The van der Waals surface area contributed by atoms with Crippen LogP contribution in [0.5, 0.6) is 11.5 Å². The first kappa shape index (κ1) is 28.4. The van der Waals surface area contributed by atoms with Gasteiger partial charge in [-0.3, -0.25) is 4.99 Å². The molecule has 0 aromatic heterocycles. The predicted molar refractivity (Wildman–Crippen MR) is 141 cm³/mol. The SMILES string of the molecule is CCOC(=O)C(C=N[C@H](CO)C(C)(C)C)=C(O)c1cc(OCc2ccc(OC)cc2)c(C)cc1Br. The number of methoxy groups -OCH3 is 1. The summed E-state index contributed by atoms with van der Waals surface area (Å²) in [7, 11) is 1.61. The Morgan fingerprint density at radius 2 is 1.86 bits per heavy atom. The number of esters is 1. The number of carbonyl (C=O) groups excluding carboxylic acids is 1. The van der Waals surface area contributed by atoms with Crippen LogP contribution in [0.25, 0.3) is 5.76 Å². The Kier molecular flexibility index (Phi) is 10.3. The molecule has 190 valence electrons. The number of aryl methyl sites for hydroxylation is 1. The van der Waals surface area contributed by atoms with E-state index < -0.39 is 12.0 Å². The van der Waals surface area contributed by atoms with Crippen LogP contribution in [0.1, 0.15) is 44.4 Å². The monoisotopic (exact) mass is 547 g/mol. The van der Waals surface area contributed by atoms with Crippen LogP contribution in [-0.2, 0) is 16.1 Å². The third-order valence-corrected chi connectivity index (χ3v) is 6.04. The van der Waals surface area contributed by atoms with Gasteiger partial charge in [0.15, 0.2) is 0 Å². The number of halogens is 1. The number of hydrogen-bond acceptors (Lipinski definition) is 7. The molecule has 35 heavy (non-hydrogen) atoms. The van der Waals surface area contributed by atoms with Crippen molar-refractivity contribution >= 4 is 33.9 Å². The number of aliphatic hydroxyl groups is 2. The first-order valence-electron chi connectivity index (χ1n) is 11.3. The normalized spacial score (nSPS) is 13.4. The second-order valence-electron chi connectivity index (χ2n) is 9.06. The maximum atomic E-state index is 12.7. The van der Waals surface area contributed by atoms with Crippen LogP contribution in [0.4, 0.5) is 0 Å². The first-order chi connectivity index (χ1) is 16.5. The maximum Gasteiger partial charge on any atom is 0.343 e. The van der Waals surface area contributed by atoms with Gasteiger partial charge in [0, 0.05) is 16.3 Å². The molecular weight excluding hydrogens is 514 g/mol. The van der Waals surface area contributed by atoms with Gasteiger partial charge in [0.05, 0.1) is 26.4 Å². The smallest absolute Gasteiger partial charge is 0.343 e. The number of benzene rings is 2. The summed E-state index contributed by atoms with van der Waals surface area (Å²) in [4.78, 5) is 17.1. The molecule has 2 N–H and O–H groups in total. The number of hydrogen-bond donors (Lipinski definition) is 2. The minimum atomic E-state index is -0.715. The van der Waals surface area contributed by atoms with Gasteiger partial charge in [0.25, 0.3) is 0 Å². The maximum absolute atomic E-state index is 12.7. The Bertz CT molecular complexity index is 1070. The van der Waals surface area contributed by atoms with Gasteiger partial charge in [-0.25, -0.2) is 4.79 Å². The lowest BCUT2D eigenvalue weighted by molar-refractivity contribution is -0.137. The molecule has 0 radical (unpaired) electrons. The molecule has 2 aromatic carbocycles. The van der Waals surface area contributed by atoms with Crippen molar-refractivity contribution in [2.75, 3.05) is 20.3 Å². The molecule has 0 aliphatic carbocycles. The van der Waals surface area contributed by atoms with E-state index in [-0.39, 0.29) is 30.0 Å². The average Bonchev–Trinajstić information content (AvgIpc) is 2.80. The topological polar surface area (TPSA) is 97.6 Å². The highest BCUT2D eigenvalue weighted by Gasteiger charge is 2.25. The molecule has 0 heterocycles. The fraction of sp³-hybridized carbons (Fsp3) is 0.407. The molecule has 0 aliphatic rings. The van der Waals surface area contributed by atoms with E-state index in [1.165, 1.54) is 6.21 Å². The molecule has 0 bridgehead atoms. The summed E-state index contributed by atoms with van der Waals surface area (Å²) in [5, 5.41) is 20.9. The average molecular weight is 548 g/mol. The van der Waals surface area contributed by atoms with Crippen molar-refractivity contribution in [1.29, 1.82) is 0 Å². The summed E-state index contributed by atoms with van der Waals surface area (Å²) < 4.78 is 16.9. The Labute approximate surface area is 215 Å². The molecule has 0 fully saturated rings. The standard InChI is InChI=1S/C27H34BrNO6/c1-7-34-26(32)21(14-29-24(15-30)27(3,4)5)25(31)20-13-23(17(2)12-22(20)28)35-16-18-8-10-19(33-6)11-9-18/h8-14,24,30-31H,7,15-16H2,1-6H3/t24-/m1/s1. The molecule has 0 saturated heterocycles. The van der Waals surface area contributed by atoms with Crippen LogP contribution < -0.4 is 9.47 Å². The second-order valence-corrected chi connectivity index (χ2v) is 9.91. The molecule has 0 aliphatic heterocycles. The summed E-state index contributed by atoms with van der Waals surface area (Å²) >= 11 is 3.48. The lowest BCUT2D eigenvalue weighted by atomic mass is 9.88. The van der Waals surface area contributed by atoms with Crippen molar-refractivity contribution < 1.29 is 29.2 Å². The molecule has 0 saturated carbocycles. The molecule has 0 unspecified atom stereocenters. The van der Waals surface area contributed by atoms with Gasteiger partial charge in [-0.2, -0.15) is 0 Å². The predicted octanol–water partition coefficient (Wildman–Crippen LogP) is 5.66. The van der Waals surface area contributed by atoms with Crippen molar-refractivity contribution in [2.24, 2.45) is 10.4 Å². The summed E-state index contributed by atoms with van der Waals surface area (Å²) in [5.41, 5.74) is 1.70. The van der Waals surface area contributed by atoms with Crippen LogP contribution in [0, 0.1) is 12.3 Å². The Balaban J connectivity index is 2.45. The number of aliphatic imine (C=N–C) groups is 1. The fourth-order valence-corrected chi connectivity index (χ4v) is 3.79. The van der Waals surface area contributed by atoms with Crippen LogP contribution in [-0.4, -0.2) is 48.8 Å². The Morgan fingerprint density at radius 3 is 2.40 bits per heavy atom. The van der Waals surface area contributed by atoms with Crippen LogP contribution in [0.15, 0.2) is 51.4 Å². The molecule has 1 atom stereocenters. The molecule has 0 spiro atoms. The molecule has 8 heteroatoms. The van der Waals surface area contributed by atoms with Crippen LogP contribution in [0.3, 0.4) is 0 Å². The third kappa shape index (κ3) is 7.83. The summed E-state index contributed by atoms with van der Waals surface area (Å²) in [5.74, 6) is 0.286. The van der Waals surface area contributed by atoms with E-state index in [0.717, 1.165) is 16.9 Å². The zero-order valence-corrected chi connectivity index (χ0v) is 22.7. The number of ether oxygens (including phenoxy) is 3. The summed E-state index contributed by atoms with van der Waals surface area (Å²) in [6, 6.07) is 10.5. The Morgan fingerprint density at radius 1 is 1.20 bits per heavy atom. The van der Waals surface area contributed by atoms with Crippen molar-refractivity contribution in [1.82, 2.24) is 0 Å². The zero-order valence-electron chi connectivity index (χ0n) is 21.1. The van der Waals surface area contributed by atoms with E-state index in [1.54, 1.807) is 26.2 Å². The Hall–Kier alpha value is -2.84. The number of carbonyl (C=O) groups is 1. The van der Waals surface area contributed by atoms with E-state index in [2.05, 4.69) is 20.9 Å². The van der Waals surface area contributed by atoms with Crippen LogP contribution >= 0.6 is 15.9 Å². The van der Waals surface area contributed by atoms with Gasteiger partial charge in [-0.15, -0.1) is 0 Å². The number of nitrogens with zero attached hydrogens (tertiary/aromatic N) is 1. The second kappa shape index (κ2) is 12.7. The molecule has 2 aromatic rings. The largest absolute Gasteiger partial charge is 0.506 e. The van der Waals surface area contributed by atoms with E-state index in [4.69, 9.17) is 14.2 Å². The molecule has 2 rings (SSSR count). The highest BCUT2D eigenvalue weighted by Crippen LogP contribution is 2.33. The highest BCUT2D eigenvalue weighted by molar-refractivity contribution is 9.10. The van der Waals surface area contributed by atoms with Gasteiger partial charge < -0.3 is 24.4 Å². The number of rotatable bonds is 10. The summed E-state index contributed by atoms with van der Waals surface area (Å²) in [6.07, 6.45) is 1.27. The lowest BCUT2D eigenvalue weighted by Gasteiger charge is -2.25. The van der Waals surface area contributed by atoms with Crippen molar-refractivity contribution in [3.8, 4) is 11.5 Å². The van der Waals surface area contributed by atoms with Gasteiger partial charge >= 0.3 is 5.97 Å². The van der Waals surface area contributed by atoms with Gasteiger partial charge in [0.1, 0.15) is 29.4 Å². The van der Waals surface area contributed by atoms with Crippen molar-refractivity contribution in [3.63, 3.8) is 0 Å². The van der Waals surface area contributed by atoms with E-state index in [1.807, 2.05) is 52.0 Å². The molecular formula is C27H34BrNO6. The summed E-state index contributed by atoms with van der Waals surface area (Å²) in [6.45, 7) is 9.62. The molecule has 0 amide bonds. The van der Waals surface area contributed by atoms with Crippen molar-refractivity contribution in [3.05, 3.63) is 63.1 Å². The number of aliphatic hydroxyl groups excluding tert-OH is 2. The quantitative estimate of drug-likeness (QED) is 0.172. The highest BCUT2D eigenvalue weighted by atomic mass is 79.9. The fourth-order valence-electron chi connectivity index (χ4n) is 3.15. The lowest BCUT2D eigenvalue weighted by Crippen LogP contribution is -2.28. The van der Waals surface area contributed by atoms with Crippen LogP contribution in [0.2, 0.25) is 0 Å². The minimum Gasteiger partial charge on any atom is -0.506 e. The van der Waals surface area contributed by atoms with Gasteiger partial charge in [-0.1, -0.05) is 48.8 Å². The zero-order chi connectivity index (χ0) is 26.2. The van der Waals surface area contributed by atoms with E-state index >= 15 is 0 Å². The first-order valence-corrected chi connectivity index (χ1v) is 12.1. The third-order valence-electron chi connectivity index (χ3n) is 5.38. The van der Waals surface area contributed by atoms with Crippen molar-refractivity contribution in [2.45, 2.75) is 47.3 Å². The molecule has 7 nitrogen and oxygen atoms in total. The van der Waals surface area contributed by atoms with E-state index in [9.17, 15) is 15.0 Å².